The summed E-state index contributed by atoms with van der Waals surface area (Å²) in [5, 5.41) is 7.61. The third-order valence-corrected chi connectivity index (χ3v) is 3.03. The Morgan fingerprint density at radius 1 is 1.05 bits per heavy atom. The van der Waals surface area contributed by atoms with Crippen molar-refractivity contribution in [3.05, 3.63) is 53.1 Å². The minimum atomic E-state index is -0.0348. The minimum Gasteiger partial charge on any atom is -0.497 e. The lowest BCUT2D eigenvalue weighted by atomic mass is 10.1. The Morgan fingerprint density at radius 2 is 1.80 bits per heavy atom. The molecule has 4 nitrogen and oxygen atoms in total. The van der Waals surface area contributed by atoms with Crippen LogP contribution in [0, 0.1) is 19.3 Å². The summed E-state index contributed by atoms with van der Waals surface area (Å²) in [4.78, 5) is 0. The molecule has 0 heterocycles. The predicted octanol–water partition coefficient (Wildman–Crippen LogP) is 3.39. The molecule has 0 bridgehead atoms. The molecule has 0 amide bonds. The first-order chi connectivity index (χ1) is 9.51. The van der Waals surface area contributed by atoms with Crippen molar-refractivity contribution >= 4 is 5.84 Å². The molecule has 4 heteroatoms. The number of nitrogens with one attached hydrogen (secondary N) is 1. The summed E-state index contributed by atoms with van der Waals surface area (Å²) in [5.74, 6) is 1.89. The quantitative estimate of drug-likeness (QED) is 0.661. The SMILES string of the molecule is COc1ccc(C(=N)N)c(Oc2ccc(C)cc2C)c1. The third kappa shape index (κ3) is 2.91. The molecule has 2 aromatic carbocycles. The van der Waals surface area contributed by atoms with E-state index in [2.05, 4.69) is 0 Å². The van der Waals surface area contributed by atoms with Gasteiger partial charge in [0.25, 0.3) is 0 Å². The maximum Gasteiger partial charge on any atom is 0.142 e. The van der Waals surface area contributed by atoms with Crippen LogP contribution in [0.5, 0.6) is 17.2 Å². The number of nitrogens with two attached hydrogens (primary N) is 1. The van der Waals surface area contributed by atoms with Crippen LogP contribution in [0.4, 0.5) is 0 Å². The molecule has 0 aromatic heterocycles. The van der Waals surface area contributed by atoms with Gasteiger partial charge in [-0.3, -0.25) is 5.41 Å². The largest absolute Gasteiger partial charge is 0.497 e. The minimum absolute atomic E-state index is 0.0348. The van der Waals surface area contributed by atoms with Gasteiger partial charge < -0.3 is 15.2 Å². The number of hydrogen-bond donors (Lipinski definition) is 2. The summed E-state index contributed by atoms with van der Waals surface area (Å²) in [6.07, 6.45) is 0. The van der Waals surface area contributed by atoms with E-state index in [0.29, 0.717) is 17.1 Å². The van der Waals surface area contributed by atoms with E-state index in [1.807, 2.05) is 32.0 Å². The van der Waals surface area contributed by atoms with Gasteiger partial charge in [-0.2, -0.15) is 0 Å². The standard InChI is InChI=1S/C16H18N2O2/c1-10-4-7-14(11(2)8-10)20-15-9-12(19-3)5-6-13(15)16(17)18/h4-9H,1-3H3,(H3,17,18). The van der Waals surface area contributed by atoms with Crippen LogP contribution in [-0.4, -0.2) is 12.9 Å². The molecule has 3 N–H and O–H groups in total. The van der Waals surface area contributed by atoms with Crippen LogP contribution >= 0.6 is 0 Å². The zero-order chi connectivity index (χ0) is 14.7. The van der Waals surface area contributed by atoms with Gasteiger partial charge in [-0.25, -0.2) is 0 Å². The summed E-state index contributed by atoms with van der Waals surface area (Å²) in [6.45, 7) is 4.01. The van der Waals surface area contributed by atoms with Gasteiger partial charge in [0.05, 0.1) is 12.7 Å². The van der Waals surface area contributed by atoms with Crippen molar-refractivity contribution in [2.45, 2.75) is 13.8 Å². The molecular formula is C16H18N2O2. The molecule has 0 atom stereocenters. The molecule has 0 aliphatic rings. The lowest BCUT2D eigenvalue weighted by molar-refractivity contribution is 0.408. The van der Waals surface area contributed by atoms with Crippen molar-refractivity contribution in [3.8, 4) is 17.2 Å². The number of aryl methyl sites for hydroxylation is 2. The molecule has 0 saturated heterocycles. The fourth-order valence-corrected chi connectivity index (χ4v) is 1.97. The van der Waals surface area contributed by atoms with Gasteiger partial charge in [-0.1, -0.05) is 17.7 Å². The van der Waals surface area contributed by atoms with E-state index in [0.717, 1.165) is 11.3 Å². The Morgan fingerprint density at radius 3 is 2.40 bits per heavy atom. The number of hydrogen-bond acceptors (Lipinski definition) is 3. The van der Waals surface area contributed by atoms with E-state index >= 15 is 0 Å². The summed E-state index contributed by atoms with van der Waals surface area (Å²) in [7, 11) is 1.59. The van der Waals surface area contributed by atoms with Crippen molar-refractivity contribution in [1.29, 1.82) is 5.41 Å². The molecule has 0 saturated carbocycles. The van der Waals surface area contributed by atoms with Crippen LogP contribution in [0.15, 0.2) is 36.4 Å². The van der Waals surface area contributed by atoms with E-state index in [4.69, 9.17) is 20.6 Å². The Bertz CT molecular complexity index is 651. The first-order valence-electron chi connectivity index (χ1n) is 6.29. The lowest BCUT2D eigenvalue weighted by Crippen LogP contribution is -2.12. The number of benzene rings is 2. The first-order valence-corrected chi connectivity index (χ1v) is 6.29. The highest BCUT2D eigenvalue weighted by Crippen LogP contribution is 2.31. The molecule has 0 aliphatic heterocycles. The van der Waals surface area contributed by atoms with Crippen LogP contribution in [0.3, 0.4) is 0 Å². The van der Waals surface area contributed by atoms with Crippen molar-refractivity contribution in [3.63, 3.8) is 0 Å². The number of nitrogen functional groups attached to an aromatic ring is 1. The topological polar surface area (TPSA) is 68.3 Å². The Kier molecular flexibility index (Phi) is 3.94. The van der Waals surface area contributed by atoms with Gasteiger partial charge in [-0.05, 0) is 37.6 Å². The number of rotatable bonds is 4. The van der Waals surface area contributed by atoms with Gasteiger partial charge in [0.1, 0.15) is 23.1 Å². The van der Waals surface area contributed by atoms with Gasteiger partial charge in [-0.15, -0.1) is 0 Å². The molecular weight excluding hydrogens is 252 g/mol. The molecule has 20 heavy (non-hydrogen) atoms. The zero-order valence-electron chi connectivity index (χ0n) is 11.9. The smallest absolute Gasteiger partial charge is 0.142 e. The average Bonchev–Trinajstić information content (AvgIpc) is 2.41. The molecule has 104 valence electrons. The number of ether oxygens (including phenoxy) is 2. The second kappa shape index (κ2) is 5.65. The van der Waals surface area contributed by atoms with Gasteiger partial charge in [0.15, 0.2) is 0 Å². The summed E-state index contributed by atoms with van der Waals surface area (Å²) >= 11 is 0. The van der Waals surface area contributed by atoms with Crippen LogP contribution < -0.4 is 15.2 Å². The van der Waals surface area contributed by atoms with Crippen molar-refractivity contribution < 1.29 is 9.47 Å². The van der Waals surface area contributed by atoms with Crippen molar-refractivity contribution in [1.82, 2.24) is 0 Å². The fourth-order valence-electron chi connectivity index (χ4n) is 1.97. The maximum absolute atomic E-state index is 7.61. The van der Waals surface area contributed by atoms with Crippen LogP contribution in [0.1, 0.15) is 16.7 Å². The predicted molar refractivity (Wildman–Crippen MR) is 80.0 cm³/mol. The molecule has 0 aliphatic carbocycles. The third-order valence-electron chi connectivity index (χ3n) is 3.03. The second-order valence-corrected chi connectivity index (χ2v) is 4.65. The van der Waals surface area contributed by atoms with Crippen LogP contribution in [0.2, 0.25) is 0 Å². The highest BCUT2D eigenvalue weighted by molar-refractivity contribution is 5.97. The molecule has 0 fully saturated rings. The summed E-state index contributed by atoms with van der Waals surface area (Å²) < 4.78 is 11.1. The number of amidine groups is 1. The van der Waals surface area contributed by atoms with E-state index in [9.17, 15) is 0 Å². The molecule has 0 radical (unpaired) electrons. The lowest BCUT2D eigenvalue weighted by Gasteiger charge is -2.13. The average molecular weight is 270 g/mol. The monoisotopic (exact) mass is 270 g/mol. The van der Waals surface area contributed by atoms with E-state index in [-0.39, 0.29) is 5.84 Å². The Labute approximate surface area is 118 Å². The van der Waals surface area contributed by atoms with Gasteiger partial charge in [0, 0.05) is 6.07 Å². The van der Waals surface area contributed by atoms with Crippen molar-refractivity contribution in [2.75, 3.05) is 7.11 Å². The van der Waals surface area contributed by atoms with Crippen LogP contribution in [0.25, 0.3) is 0 Å². The highest BCUT2D eigenvalue weighted by atomic mass is 16.5. The summed E-state index contributed by atoms with van der Waals surface area (Å²) in [5.41, 5.74) is 8.33. The van der Waals surface area contributed by atoms with E-state index in [1.165, 1.54) is 5.56 Å². The van der Waals surface area contributed by atoms with Gasteiger partial charge in [0.2, 0.25) is 0 Å². The normalized spacial score (nSPS) is 10.2. The zero-order valence-corrected chi connectivity index (χ0v) is 11.9. The Hall–Kier alpha value is -2.49. The van der Waals surface area contributed by atoms with Crippen LogP contribution in [-0.2, 0) is 0 Å². The number of methoxy groups -OCH3 is 1. The molecule has 0 spiro atoms. The van der Waals surface area contributed by atoms with E-state index in [1.54, 1.807) is 25.3 Å². The maximum atomic E-state index is 7.61. The second-order valence-electron chi connectivity index (χ2n) is 4.65. The molecule has 2 rings (SSSR count). The molecule has 2 aromatic rings. The fraction of sp³-hybridized carbons (Fsp3) is 0.188. The first kappa shape index (κ1) is 13.9. The van der Waals surface area contributed by atoms with Crippen molar-refractivity contribution in [2.24, 2.45) is 5.73 Å². The Balaban J connectivity index is 2.43. The van der Waals surface area contributed by atoms with E-state index < -0.39 is 0 Å². The van der Waals surface area contributed by atoms with Gasteiger partial charge >= 0.3 is 0 Å². The molecule has 0 unspecified atom stereocenters. The summed E-state index contributed by atoms with van der Waals surface area (Å²) in [6, 6.07) is 11.1. The highest BCUT2D eigenvalue weighted by Gasteiger charge is 2.11.